The number of benzene rings is 2. The van der Waals surface area contributed by atoms with Gasteiger partial charge in [-0.3, -0.25) is 4.79 Å². The predicted octanol–water partition coefficient (Wildman–Crippen LogP) is 4.11. The molecule has 0 radical (unpaired) electrons. The number of para-hydroxylation sites is 1. The molecule has 3 nitrogen and oxygen atoms in total. The molecule has 0 saturated carbocycles. The second-order valence-electron chi connectivity index (χ2n) is 5.37. The van der Waals surface area contributed by atoms with Crippen molar-refractivity contribution >= 4 is 39.1 Å². The third-order valence-corrected chi connectivity index (χ3v) is 4.71. The van der Waals surface area contributed by atoms with Gasteiger partial charge in [0, 0.05) is 34.2 Å². The number of halogens is 2. The second kappa shape index (κ2) is 6.71. The molecule has 1 saturated heterocycles. The Morgan fingerprint density at radius 1 is 1.23 bits per heavy atom. The van der Waals surface area contributed by atoms with E-state index in [4.69, 9.17) is 11.6 Å². The van der Waals surface area contributed by atoms with Crippen LogP contribution in [0.3, 0.4) is 0 Å². The van der Waals surface area contributed by atoms with E-state index in [0.29, 0.717) is 10.6 Å². The monoisotopic (exact) mass is 378 g/mol. The average Bonchev–Trinajstić information content (AvgIpc) is 2.96. The molecular formula is C17H16BrClN2O. The minimum Gasteiger partial charge on any atom is -0.368 e. The van der Waals surface area contributed by atoms with Crippen LogP contribution >= 0.6 is 27.5 Å². The number of anilines is 1. The Kier molecular flexibility index (Phi) is 4.69. The SMILES string of the molecule is O=C(NC1CCN(c2ccccc2Br)C1)c1cccc(Cl)c1. The van der Waals surface area contributed by atoms with Crippen LogP contribution in [-0.4, -0.2) is 25.0 Å². The van der Waals surface area contributed by atoms with E-state index in [1.54, 1.807) is 24.3 Å². The molecular weight excluding hydrogens is 364 g/mol. The van der Waals surface area contributed by atoms with E-state index in [2.05, 4.69) is 32.2 Å². The molecule has 0 aliphatic carbocycles. The lowest BCUT2D eigenvalue weighted by molar-refractivity contribution is 0.0940. The maximum atomic E-state index is 12.3. The van der Waals surface area contributed by atoms with Gasteiger partial charge >= 0.3 is 0 Å². The lowest BCUT2D eigenvalue weighted by Gasteiger charge is -2.20. The van der Waals surface area contributed by atoms with E-state index in [1.807, 2.05) is 18.2 Å². The molecule has 1 atom stereocenters. The summed E-state index contributed by atoms with van der Waals surface area (Å²) in [6.45, 7) is 1.75. The Hall–Kier alpha value is -1.52. The molecule has 5 heteroatoms. The molecule has 3 rings (SSSR count). The summed E-state index contributed by atoms with van der Waals surface area (Å²) in [5.41, 5.74) is 1.77. The molecule has 1 aliphatic heterocycles. The number of nitrogens with one attached hydrogen (secondary N) is 1. The van der Waals surface area contributed by atoms with Crippen LogP contribution < -0.4 is 10.2 Å². The Balaban J connectivity index is 1.64. The van der Waals surface area contributed by atoms with Gasteiger partial charge in [0.15, 0.2) is 0 Å². The summed E-state index contributed by atoms with van der Waals surface area (Å²) in [5.74, 6) is -0.0681. The number of hydrogen-bond acceptors (Lipinski definition) is 2. The van der Waals surface area contributed by atoms with Crippen molar-refractivity contribution in [3.63, 3.8) is 0 Å². The third-order valence-electron chi connectivity index (χ3n) is 3.80. The van der Waals surface area contributed by atoms with Gasteiger partial charge in [0.05, 0.1) is 5.69 Å². The Morgan fingerprint density at radius 3 is 2.82 bits per heavy atom. The first-order valence-corrected chi connectivity index (χ1v) is 8.36. The molecule has 1 amide bonds. The summed E-state index contributed by atoms with van der Waals surface area (Å²) < 4.78 is 1.08. The van der Waals surface area contributed by atoms with Crippen molar-refractivity contribution in [2.24, 2.45) is 0 Å². The molecule has 114 valence electrons. The standard InChI is InChI=1S/C17H16BrClN2O/c18-15-6-1-2-7-16(15)21-9-8-14(11-21)20-17(22)12-4-3-5-13(19)10-12/h1-7,10,14H,8-9,11H2,(H,20,22). The van der Waals surface area contributed by atoms with Gasteiger partial charge in [0.25, 0.3) is 5.91 Å². The topological polar surface area (TPSA) is 32.3 Å². The first-order valence-electron chi connectivity index (χ1n) is 7.19. The minimum absolute atomic E-state index is 0.0681. The number of amides is 1. The fraction of sp³-hybridized carbons (Fsp3) is 0.235. The zero-order valence-corrected chi connectivity index (χ0v) is 14.3. The molecule has 1 heterocycles. The number of hydrogen-bond donors (Lipinski definition) is 1. The van der Waals surface area contributed by atoms with Gasteiger partial charge in [-0.25, -0.2) is 0 Å². The van der Waals surface area contributed by atoms with E-state index in [1.165, 1.54) is 5.69 Å². The minimum atomic E-state index is -0.0681. The smallest absolute Gasteiger partial charge is 0.251 e. The van der Waals surface area contributed by atoms with Gasteiger partial charge in [-0.1, -0.05) is 29.8 Å². The van der Waals surface area contributed by atoms with Crippen LogP contribution in [0, 0.1) is 0 Å². The van der Waals surface area contributed by atoms with Gasteiger partial charge in [0.2, 0.25) is 0 Å². The van der Waals surface area contributed by atoms with Crippen molar-refractivity contribution in [1.82, 2.24) is 5.32 Å². The largest absolute Gasteiger partial charge is 0.368 e. The maximum Gasteiger partial charge on any atom is 0.251 e. The third kappa shape index (κ3) is 3.45. The number of carbonyl (C=O) groups is 1. The molecule has 1 unspecified atom stereocenters. The highest BCUT2D eigenvalue weighted by Crippen LogP contribution is 2.28. The number of carbonyl (C=O) groups excluding carboxylic acids is 1. The van der Waals surface area contributed by atoms with Crippen molar-refractivity contribution in [2.45, 2.75) is 12.5 Å². The van der Waals surface area contributed by atoms with Gasteiger partial charge in [0.1, 0.15) is 0 Å². The summed E-state index contributed by atoms with van der Waals surface area (Å²) in [6.07, 6.45) is 0.938. The lowest BCUT2D eigenvalue weighted by Crippen LogP contribution is -2.37. The van der Waals surface area contributed by atoms with Crippen LogP contribution in [0.1, 0.15) is 16.8 Å². The van der Waals surface area contributed by atoms with Gasteiger partial charge < -0.3 is 10.2 Å². The second-order valence-corrected chi connectivity index (χ2v) is 6.66. The predicted molar refractivity (Wildman–Crippen MR) is 93.7 cm³/mol. The van der Waals surface area contributed by atoms with Crippen molar-refractivity contribution in [3.8, 4) is 0 Å². The molecule has 1 fully saturated rings. The molecule has 22 heavy (non-hydrogen) atoms. The van der Waals surface area contributed by atoms with E-state index in [-0.39, 0.29) is 11.9 Å². The quantitative estimate of drug-likeness (QED) is 0.870. The number of rotatable bonds is 3. The Morgan fingerprint density at radius 2 is 2.05 bits per heavy atom. The molecule has 0 spiro atoms. The van der Waals surface area contributed by atoms with E-state index < -0.39 is 0 Å². The molecule has 1 N–H and O–H groups in total. The van der Waals surface area contributed by atoms with Crippen molar-refractivity contribution in [1.29, 1.82) is 0 Å². The first-order chi connectivity index (χ1) is 10.6. The van der Waals surface area contributed by atoms with Crippen LogP contribution in [0.5, 0.6) is 0 Å². The Labute approximate surface area is 143 Å². The summed E-state index contributed by atoms with van der Waals surface area (Å²) >= 11 is 9.51. The summed E-state index contributed by atoms with van der Waals surface area (Å²) in [6, 6.07) is 15.3. The zero-order valence-electron chi connectivity index (χ0n) is 11.9. The van der Waals surface area contributed by atoms with Crippen LogP contribution in [0.15, 0.2) is 53.0 Å². The van der Waals surface area contributed by atoms with Crippen LogP contribution in [0.25, 0.3) is 0 Å². The molecule has 0 aromatic heterocycles. The molecule has 2 aromatic carbocycles. The van der Waals surface area contributed by atoms with Crippen LogP contribution in [-0.2, 0) is 0 Å². The van der Waals surface area contributed by atoms with E-state index in [9.17, 15) is 4.79 Å². The van der Waals surface area contributed by atoms with Gasteiger partial charge in [-0.15, -0.1) is 0 Å². The van der Waals surface area contributed by atoms with Gasteiger partial charge in [-0.2, -0.15) is 0 Å². The van der Waals surface area contributed by atoms with Gasteiger partial charge in [-0.05, 0) is 52.7 Å². The molecule has 1 aliphatic rings. The van der Waals surface area contributed by atoms with Crippen LogP contribution in [0.2, 0.25) is 5.02 Å². The summed E-state index contributed by atoms with van der Waals surface area (Å²) in [7, 11) is 0. The maximum absolute atomic E-state index is 12.3. The normalized spacial score (nSPS) is 17.5. The van der Waals surface area contributed by atoms with Crippen molar-refractivity contribution < 1.29 is 4.79 Å². The summed E-state index contributed by atoms with van der Waals surface area (Å²) in [5, 5.41) is 3.66. The molecule has 0 bridgehead atoms. The average molecular weight is 380 g/mol. The fourth-order valence-corrected chi connectivity index (χ4v) is 3.43. The first kappa shape index (κ1) is 15.4. The van der Waals surface area contributed by atoms with E-state index in [0.717, 1.165) is 24.0 Å². The zero-order chi connectivity index (χ0) is 15.5. The van der Waals surface area contributed by atoms with Crippen molar-refractivity contribution in [2.75, 3.05) is 18.0 Å². The van der Waals surface area contributed by atoms with E-state index >= 15 is 0 Å². The van der Waals surface area contributed by atoms with Crippen LogP contribution in [0.4, 0.5) is 5.69 Å². The highest BCUT2D eigenvalue weighted by atomic mass is 79.9. The summed E-state index contributed by atoms with van der Waals surface area (Å²) in [4.78, 5) is 14.6. The molecule has 2 aromatic rings. The highest BCUT2D eigenvalue weighted by Gasteiger charge is 2.25. The van der Waals surface area contributed by atoms with Crippen molar-refractivity contribution in [3.05, 3.63) is 63.6 Å². The highest BCUT2D eigenvalue weighted by molar-refractivity contribution is 9.10. The fourth-order valence-electron chi connectivity index (χ4n) is 2.70. The number of nitrogens with zero attached hydrogens (tertiary/aromatic N) is 1. The Bertz CT molecular complexity index is 692. The lowest BCUT2D eigenvalue weighted by atomic mass is 10.2.